The highest BCUT2D eigenvalue weighted by Crippen LogP contribution is 2.36. The van der Waals surface area contributed by atoms with E-state index in [4.69, 9.17) is 48.5 Å². The molecule has 65 heavy (non-hydrogen) atoms. The normalized spacial score (nSPS) is 39.3. The highest BCUT2D eigenvalue weighted by Gasteiger charge is 2.48. The number of anilines is 1. The number of esters is 1. The molecule has 1 aromatic heterocycles. The summed E-state index contributed by atoms with van der Waals surface area (Å²) in [6.07, 6.45) is -1.19. The van der Waals surface area contributed by atoms with Crippen LogP contribution < -0.4 is 5.73 Å². The smallest absolute Gasteiger partial charge is 0.308 e. The van der Waals surface area contributed by atoms with Crippen LogP contribution in [-0.4, -0.2) is 176 Å². The van der Waals surface area contributed by atoms with Gasteiger partial charge in [-0.2, -0.15) is 0 Å². The Kier molecular flexibility index (Phi) is 20.7. The Hall–Kier alpha value is -2.99. The van der Waals surface area contributed by atoms with Gasteiger partial charge >= 0.3 is 5.97 Å². The summed E-state index contributed by atoms with van der Waals surface area (Å²) in [5, 5.41) is 46.3. The van der Waals surface area contributed by atoms with Gasteiger partial charge in [0.25, 0.3) is 0 Å². The molecule has 368 valence electrons. The van der Waals surface area contributed by atoms with Gasteiger partial charge < -0.3 is 68.7 Å². The van der Waals surface area contributed by atoms with E-state index in [9.17, 15) is 24.9 Å². The van der Waals surface area contributed by atoms with Crippen LogP contribution in [0.1, 0.15) is 78.2 Å². The van der Waals surface area contributed by atoms with Crippen LogP contribution in [0.25, 0.3) is 0 Å². The van der Waals surface area contributed by atoms with Crippen LogP contribution in [0.5, 0.6) is 0 Å². The molecular formula is C45H73N5O14S. The number of hydrogen-bond acceptors (Lipinski definition) is 20. The maximum atomic E-state index is 14.4. The third-order valence-corrected chi connectivity index (χ3v) is 13.7. The van der Waals surface area contributed by atoms with Crippen molar-refractivity contribution in [3.63, 3.8) is 0 Å². The summed E-state index contributed by atoms with van der Waals surface area (Å²) in [5.41, 5.74) is 6.94. The average molecular weight is 940 g/mol. The van der Waals surface area contributed by atoms with Crippen LogP contribution in [0.15, 0.2) is 29.0 Å². The van der Waals surface area contributed by atoms with Crippen LogP contribution in [0.3, 0.4) is 0 Å². The molecule has 20 heteroatoms. The van der Waals surface area contributed by atoms with E-state index in [1.807, 2.05) is 33.8 Å². The summed E-state index contributed by atoms with van der Waals surface area (Å²) in [6, 6.07) is -0.706. The molecule has 4 aliphatic rings. The van der Waals surface area contributed by atoms with E-state index in [1.165, 1.54) is 18.4 Å². The molecule has 2 saturated heterocycles. The van der Waals surface area contributed by atoms with E-state index in [-0.39, 0.29) is 51.2 Å². The van der Waals surface area contributed by atoms with Gasteiger partial charge in [0.2, 0.25) is 5.13 Å². The number of rotatable bonds is 12. The molecule has 0 spiro atoms. The minimum atomic E-state index is -1.25. The lowest BCUT2D eigenvalue weighted by atomic mass is 9.79. The standard InChI is InChI=1S/C45H73N5O14S/c1-10-33-29(20-59-34-14-13-32(52)42(56-8)43(34)57-9)17-24(2)11-12-31(51)25(3)18-28-15-16-58-21-30(49-61-23-36-47-48-45(46)65-36)22-60-35(19-37(53)63-33)26(4)41(28)64-44-40(55)38(50(6)7)39(54)27(5)62-44/h11-12,17,25-29,32-35,38-44,52,54-55H,10,13-16,18-23H2,1-9H3,(H2,46,48)/b12-11+,24-17+,49-30+/t25-,26+,27-,28?,29-,32-,33-,34-,35-,38+,39-,40-,41-,42-,43+,44+/m1/s1. The van der Waals surface area contributed by atoms with Gasteiger partial charge in [-0.25, -0.2) is 0 Å². The van der Waals surface area contributed by atoms with Crippen LogP contribution in [-0.2, 0) is 58.9 Å². The summed E-state index contributed by atoms with van der Waals surface area (Å²) in [4.78, 5) is 35.7. The Morgan fingerprint density at radius 3 is 2.42 bits per heavy atom. The number of hydrogen-bond donors (Lipinski definition) is 4. The second kappa shape index (κ2) is 25.4. The van der Waals surface area contributed by atoms with Gasteiger partial charge in [-0.05, 0) is 72.0 Å². The average Bonchev–Trinajstić information content (AvgIpc) is 3.69. The number of nitrogen functional groups attached to an aromatic ring is 1. The number of aromatic nitrogens is 2. The van der Waals surface area contributed by atoms with Crippen molar-refractivity contribution in [2.75, 3.05) is 60.5 Å². The molecule has 5 rings (SSSR count). The molecule has 0 amide bonds. The number of carbonyl (C=O) groups excluding carboxylic acids is 2. The quantitative estimate of drug-likeness (QED) is 0.174. The number of aliphatic hydroxyl groups is 3. The second-order valence-electron chi connectivity index (χ2n) is 18.0. The van der Waals surface area contributed by atoms with Gasteiger partial charge in [-0.15, -0.1) is 10.2 Å². The molecule has 0 aromatic carbocycles. The van der Waals surface area contributed by atoms with Crippen LogP contribution in [0, 0.1) is 23.7 Å². The lowest BCUT2D eigenvalue weighted by molar-refractivity contribution is -0.305. The number of fused-ring (bicyclic) bond motifs is 3. The first-order valence-electron chi connectivity index (χ1n) is 22.8. The Balaban J connectivity index is 1.50. The maximum Gasteiger partial charge on any atom is 0.308 e. The van der Waals surface area contributed by atoms with Gasteiger partial charge in [0.15, 0.2) is 23.7 Å². The monoisotopic (exact) mass is 939 g/mol. The van der Waals surface area contributed by atoms with Gasteiger partial charge in [0.1, 0.15) is 30.1 Å². The van der Waals surface area contributed by atoms with Crippen LogP contribution in [0.2, 0.25) is 0 Å². The highest BCUT2D eigenvalue weighted by molar-refractivity contribution is 7.15. The second-order valence-corrected chi connectivity index (χ2v) is 19.1. The van der Waals surface area contributed by atoms with E-state index < -0.39 is 97.1 Å². The zero-order valence-electron chi connectivity index (χ0n) is 39.4. The molecule has 5 N–H and O–H groups in total. The molecule has 4 heterocycles. The molecule has 1 aliphatic carbocycles. The van der Waals surface area contributed by atoms with Gasteiger partial charge in [0.05, 0.1) is 68.9 Å². The number of aliphatic hydroxyl groups excluding tert-OH is 3. The van der Waals surface area contributed by atoms with Crippen LogP contribution >= 0.6 is 11.3 Å². The number of carbonyl (C=O) groups is 2. The fourth-order valence-electron chi connectivity index (χ4n) is 9.35. The number of methoxy groups -OCH3 is 2. The molecular weight excluding hydrogens is 867 g/mol. The number of ketones is 1. The van der Waals surface area contributed by atoms with Gasteiger partial charge in [0, 0.05) is 38.6 Å². The van der Waals surface area contributed by atoms with Gasteiger partial charge in [-0.3, -0.25) is 9.59 Å². The van der Waals surface area contributed by atoms with E-state index in [2.05, 4.69) is 15.4 Å². The van der Waals surface area contributed by atoms with Crippen molar-refractivity contribution in [3.8, 4) is 0 Å². The molecule has 1 unspecified atom stereocenters. The van der Waals surface area contributed by atoms with Crippen LogP contribution in [0.4, 0.5) is 5.13 Å². The fourth-order valence-corrected chi connectivity index (χ4v) is 9.87. The number of oxime groups is 1. The predicted octanol–water partition coefficient (Wildman–Crippen LogP) is 2.84. The van der Waals surface area contributed by atoms with E-state index >= 15 is 0 Å². The number of allylic oxidation sites excluding steroid dienone is 3. The molecule has 0 radical (unpaired) electrons. The molecule has 16 atom stereocenters. The maximum absolute atomic E-state index is 14.4. The Morgan fingerprint density at radius 1 is 0.985 bits per heavy atom. The Bertz CT molecular complexity index is 1750. The SMILES string of the molecule is CC[C@H]1OC(=O)C[C@H]2OC/C(=N/OCc3nnc(N)s3)COCCC(C[C@@H](C)C(=O)/C=C/C(C)=C/[C@@H]1CO[C@@H]1CC[C@@H](O)[C@@H](OC)[C@H]1OC)[C@H](O[C@@H]1O[C@H](C)[C@@H](O)[C@H](N(C)C)[C@H]1O)[C@H]2C. The number of ether oxygens (including phenoxy) is 8. The zero-order valence-corrected chi connectivity index (χ0v) is 40.2. The molecule has 1 aromatic rings. The first-order chi connectivity index (χ1) is 31.0. The van der Waals surface area contributed by atoms with E-state index in [1.54, 1.807) is 45.2 Å². The summed E-state index contributed by atoms with van der Waals surface area (Å²) < 4.78 is 50.0. The van der Waals surface area contributed by atoms with Crippen molar-refractivity contribution in [2.24, 2.45) is 28.8 Å². The number of likely N-dealkylation sites (N-methyl/N-ethyl adjacent to an activating group) is 1. The lowest BCUT2D eigenvalue weighted by Gasteiger charge is -2.47. The third kappa shape index (κ3) is 14.5. The summed E-state index contributed by atoms with van der Waals surface area (Å²) in [7, 11) is 6.63. The molecule has 3 fully saturated rings. The van der Waals surface area contributed by atoms with Crippen molar-refractivity contribution in [1.82, 2.24) is 15.1 Å². The van der Waals surface area contributed by atoms with Crippen molar-refractivity contribution >= 4 is 33.9 Å². The zero-order chi connectivity index (χ0) is 47.4. The van der Waals surface area contributed by atoms with Crippen molar-refractivity contribution in [2.45, 2.75) is 153 Å². The number of cyclic esters (lactones) is 1. The largest absolute Gasteiger partial charge is 0.462 e. The molecule has 19 nitrogen and oxygen atoms in total. The first-order valence-corrected chi connectivity index (χ1v) is 23.6. The third-order valence-electron chi connectivity index (χ3n) is 13.0. The summed E-state index contributed by atoms with van der Waals surface area (Å²) >= 11 is 1.18. The minimum absolute atomic E-state index is 0.0205. The fraction of sp³-hybridized carbons (Fsp3) is 0.800. The molecule has 2 bridgehead atoms. The number of nitrogens with two attached hydrogens (primary N) is 1. The van der Waals surface area contributed by atoms with Crippen molar-refractivity contribution in [3.05, 3.63) is 28.8 Å². The topological polar surface area (TPSA) is 245 Å². The molecule has 3 aliphatic heterocycles. The van der Waals surface area contributed by atoms with Crippen molar-refractivity contribution in [1.29, 1.82) is 0 Å². The van der Waals surface area contributed by atoms with E-state index in [0.717, 1.165) is 5.57 Å². The summed E-state index contributed by atoms with van der Waals surface area (Å²) in [5.74, 6) is -2.45. The van der Waals surface area contributed by atoms with Gasteiger partial charge in [-0.1, -0.05) is 55.0 Å². The molecule has 1 saturated carbocycles. The first kappa shape index (κ1) is 53.0. The lowest BCUT2D eigenvalue weighted by Crippen LogP contribution is -2.63. The van der Waals surface area contributed by atoms with E-state index in [0.29, 0.717) is 48.0 Å². The predicted molar refractivity (Wildman–Crippen MR) is 240 cm³/mol. The summed E-state index contributed by atoms with van der Waals surface area (Å²) in [6.45, 7) is 9.71. The number of nitrogens with zero attached hydrogens (tertiary/aromatic N) is 4. The Labute approximate surface area is 386 Å². The highest BCUT2D eigenvalue weighted by atomic mass is 32.1. The Morgan fingerprint density at radius 2 is 1.74 bits per heavy atom. The van der Waals surface area contributed by atoms with Crippen molar-refractivity contribution < 1.29 is 67.6 Å². The minimum Gasteiger partial charge on any atom is -0.462 e.